The molecule has 1 heterocycles. The minimum absolute atomic E-state index is 0.0607. The first-order valence-corrected chi connectivity index (χ1v) is 14.3. The number of rotatable bonds is 9. The molecule has 5 rings (SSSR count). The number of non-ortho nitro benzene ring substituents is 2. The molecule has 1 saturated heterocycles. The summed E-state index contributed by atoms with van der Waals surface area (Å²) in [6.45, 7) is 0.174. The Balaban J connectivity index is 1.48. The van der Waals surface area contributed by atoms with E-state index in [0.717, 1.165) is 31.2 Å². The summed E-state index contributed by atoms with van der Waals surface area (Å²) in [5.74, 6) is -0.364. The third-order valence-corrected chi connectivity index (χ3v) is 7.88. The number of hydrogen-bond acceptors (Lipinski definition) is 7. The van der Waals surface area contributed by atoms with E-state index in [0.29, 0.717) is 28.7 Å². The fraction of sp³-hybridized carbons (Fsp3) is 0.273. The van der Waals surface area contributed by atoms with Gasteiger partial charge in [-0.25, -0.2) is 0 Å². The lowest BCUT2D eigenvalue weighted by molar-refractivity contribution is -0.385. The minimum atomic E-state index is -0.488. The topological polar surface area (TPSA) is 136 Å². The molecule has 43 heavy (non-hydrogen) atoms. The standard InChI is InChI=1S/C33H32N4O6/c38-32-26(18-24-10-14-29(15-11-24)36(40)41)21-35(22-27(32)19-25-12-16-30(17-13-25)37(42)43)33(39)31(34-28-8-4-5-9-28)20-23-6-2-1-3-7-23/h1-3,6-7,10-19,28,31,34H,4-5,8-9,20-22H2/b26-18+,27-19+/t31-/m1/s1. The first-order chi connectivity index (χ1) is 20.8. The van der Waals surface area contributed by atoms with E-state index >= 15 is 0 Å². The fourth-order valence-corrected chi connectivity index (χ4v) is 5.65. The minimum Gasteiger partial charge on any atom is -0.332 e. The predicted octanol–water partition coefficient (Wildman–Crippen LogP) is 5.52. The van der Waals surface area contributed by atoms with Crippen molar-refractivity contribution in [2.75, 3.05) is 13.1 Å². The van der Waals surface area contributed by atoms with Crippen molar-refractivity contribution in [3.8, 4) is 0 Å². The lowest BCUT2D eigenvalue weighted by Gasteiger charge is -2.34. The highest BCUT2D eigenvalue weighted by Gasteiger charge is 2.34. The Labute approximate surface area is 249 Å². The molecule has 1 atom stereocenters. The van der Waals surface area contributed by atoms with E-state index < -0.39 is 15.9 Å². The van der Waals surface area contributed by atoms with Gasteiger partial charge in [0.25, 0.3) is 11.4 Å². The molecule has 1 amide bonds. The Hall–Kier alpha value is -4.96. The molecule has 3 aromatic rings. The van der Waals surface area contributed by atoms with Crippen LogP contribution in [0.1, 0.15) is 42.4 Å². The number of nitro groups is 2. The molecule has 2 fully saturated rings. The second-order valence-corrected chi connectivity index (χ2v) is 11.0. The summed E-state index contributed by atoms with van der Waals surface area (Å²) in [5, 5.41) is 25.8. The van der Waals surface area contributed by atoms with Gasteiger partial charge in [-0.2, -0.15) is 0 Å². The molecule has 1 saturated carbocycles. The van der Waals surface area contributed by atoms with E-state index in [-0.39, 0.29) is 42.2 Å². The van der Waals surface area contributed by atoms with Crippen LogP contribution in [0.25, 0.3) is 12.2 Å². The summed E-state index contributed by atoms with van der Waals surface area (Å²) in [7, 11) is 0. The molecule has 10 nitrogen and oxygen atoms in total. The third kappa shape index (κ3) is 7.47. The van der Waals surface area contributed by atoms with E-state index in [1.165, 1.54) is 24.3 Å². The Bertz CT molecular complexity index is 1480. The molecule has 1 aliphatic carbocycles. The normalized spacial score (nSPS) is 18.2. The number of carbonyl (C=O) groups is 2. The van der Waals surface area contributed by atoms with E-state index in [2.05, 4.69) is 5.32 Å². The first kappa shape index (κ1) is 29.5. The molecule has 0 spiro atoms. The number of hydrogen-bond donors (Lipinski definition) is 1. The van der Waals surface area contributed by atoms with Crippen LogP contribution in [0.5, 0.6) is 0 Å². The number of benzene rings is 3. The molecule has 2 aliphatic rings. The van der Waals surface area contributed by atoms with Crippen LogP contribution < -0.4 is 5.32 Å². The highest BCUT2D eigenvalue weighted by atomic mass is 16.6. The van der Waals surface area contributed by atoms with Crippen molar-refractivity contribution in [3.63, 3.8) is 0 Å². The molecular formula is C33H32N4O6. The largest absolute Gasteiger partial charge is 0.332 e. The number of likely N-dealkylation sites (tertiary alicyclic amines) is 1. The number of ketones is 1. The van der Waals surface area contributed by atoms with Gasteiger partial charge in [-0.05, 0) is 72.4 Å². The monoisotopic (exact) mass is 580 g/mol. The number of nitro benzene ring substituents is 2. The van der Waals surface area contributed by atoms with Gasteiger partial charge in [0, 0.05) is 54.5 Å². The van der Waals surface area contributed by atoms with Crippen LogP contribution in [0, 0.1) is 20.2 Å². The van der Waals surface area contributed by atoms with Gasteiger partial charge >= 0.3 is 0 Å². The third-order valence-electron chi connectivity index (χ3n) is 7.88. The van der Waals surface area contributed by atoms with Gasteiger partial charge < -0.3 is 10.2 Å². The second-order valence-electron chi connectivity index (χ2n) is 11.0. The van der Waals surface area contributed by atoms with Gasteiger partial charge in [0.1, 0.15) is 0 Å². The summed E-state index contributed by atoms with van der Waals surface area (Å²) in [6, 6.07) is 21.3. The van der Waals surface area contributed by atoms with Gasteiger partial charge in [0.05, 0.1) is 15.9 Å². The summed E-state index contributed by atoms with van der Waals surface area (Å²) in [5.41, 5.74) is 2.86. The summed E-state index contributed by atoms with van der Waals surface area (Å²) < 4.78 is 0. The zero-order valence-electron chi connectivity index (χ0n) is 23.6. The number of nitrogens with zero attached hydrogens (tertiary/aromatic N) is 3. The maximum Gasteiger partial charge on any atom is 0.269 e. The van der Waals surface area contributed by atoms with E-state index in [9.17, 15) is 29.8 Å². The smallest absolute Gasteiger partial charge is 0.269 e. The SMILES string of the molecule is O=C1/C(=C/c2ccc([N+](=O)[O-])cc2)CN(C(=O)[C@@H](Cc2ccccc2)NC2CCCC2)C/C1=C\c1ccc([N+](=O)[O-])cc1. The quantitative estimate of drug-likeness (QED) is 0.200. The van der Waals surface area contributed by atoms with E-state index in [1.807, 2.05) is 30.3 Å². The Kier molecular flexibility index (Phi) is 9.17. The molecule has 220 valence electrons. The molecular weight excluding hydrogens is 548 g/mol. The lowest BCUT2D eigenvalue weighted by Crippen LogP contribution is -2.53. The van der Waals surface area contributed by atoms with E-state index in [4.69, 9.17) is 0 Å². The predicted molar refractivity (Wildman–Crippen MR) is 163 cm³/mol. The van der Waals surface area contributed by atoms with Crippen LogP contribution in [0.3, 0.4) is 0 Å². The number of amides is 1. The maximum absolute atomic E-state index is 14.2. The van der Waals surface area contributed by atoms with Crippen molar-refractivity contribution in [2.24, 2.45) is 0 Å². The first-order valence-electron chi connectivity index (χ1n) is 14.3. The highest BCUT2D eigenvalue weighted by Crippen LogP contribution is 2.26. The van der Waals surface area contributed by atoms with Crippen LogP contribution in [0.4, 0.5) is 11.4 Å². The number of nitrogens with one attached hydrogen (secondary N) is 1. The van der Waals surface area contributed by atoms with Crippen LogP contribution in [0.2, 0.25) is 0 Å². The molecule has 0 bridgehead atoms. The average Bonchev–Trinajstić information content (AvgIpc) is 3.53. The Morgan fingerprint density at radius 2 is 1.30 bits per heavy atom. The molecule has 0 unspecified atom stereocenters. The van der Waals surface area contributed by atoms with Crippen LogP contribution in [0.15, 0.2) is 90.0 Å². The molecule has 0 aromatic heterocycles. The van der Waals surface area contributed by atoms with Crippen LogP contribution in [-0.2, 0) is 16.0 Å². The second kappa shape index (κ2) is 13.3. The van der Waals surface area contributed by atoms with Crippen LogP contribution in [-0.4, -0.2) is 51.6 Å². The van der Waals surface area contributed by atoms with Crippen molar-refractivity contribution in [1.29, 1.82) is 0 Å². The Morgan fingerprint density at radius 1 is 0.814 bits per heavy atom. The number of carbonyl (C=O) groups excluding carboxylic acids is 2. The Morgan fingerprint density at radius 3 is 1.77 bits per heavy atom. The highest BCUT2D eigenvalue weighted by molar-refractivity contribution is 6.15. The average molecular weight is 581 g/mol. The van der Waals surface area contributed by atoms with E-state index in [1.54, 1.807) is 41.3 Å². The zero-order valence-corrected chi connectivity index (χ0v) is 23.6. The van der Waals surface area contributed by atoms with Crippen molar-refractivity contribution in [1.82, 2.24) is 10.2 Å². The number of Topliss-reactive ketones (excluding diaryl/α,β-unsaturated/α-hetero) is 1. The van der Waals surface area contributed by atoms with Gasteiger partial charge in [-0.1, -0.05) is 43.2 Å². The van der Waals surface area contributed by atoms with Gasteiger partial charge in [0.15, 0.2) is 5.78 Å². The van der Waals surface area contributed by atoms with Gasteiger partial charge in [-0.15, -0.1) is 0 Å². The summed E-state index contributed by atoms with van der Waals surface area (Å²) in [4.78, 5) is 50.8. The van der Waals surface area contributed by atoms with Crippen molar-refractivity contribution < 1.29 is 19.4 Å². The number of piperidine rings is 1. The molecule has 10 heteroatoms. The molecule has 0 radical (unpaired) electrons. The van der Waals surface area contributed by atoms with Crippen LogP contribution >= 0.6 is 0 Å². The molecule has 1 N–H and O–H groups in total. The van der Waals surface area contributed by atoms with Gasteiger partial charge in [0.2, 0.25) is 5.91 Å². The van der Waals surface area contributed by atoms with Crippen molar-refractivity contribution in [3.05, 3.63) is 127 Å². The van der Waals surface area contributed by atoms with Crippen molar-refractivity contribution in [2.45, 2.75) is 44.2 Å². The van der Waals surface area contributed by atoms with Crippen molar-refractivity contribution >= 4 is 35.2 Å². The summed E-state index contributed by atoms with van der Waals surface area (Å²) in [6.07, 6.45) is 8.07. The molecule has 1 aliphatic heterocycles. The maximum atomic E-state index is 14.2. The summed E-state index contributed by atoms with van der Waals surface area (Å²) >= 11 is 0. The van der Waals surface area contributed by atoms with Gasteiger partial charge in [-0.3, -0.25) is 29.8 Å². The zero-order chi connectivity index (χ0) is 30.3. The lowest BCUT2D eigenvalue weighted by atomic mass is 9.93. The molecule has 3 aromatic carbocycles. The fourth-order valence-electron chi connectivity index (χ4n) is 5.65.